The van der Waals surface area contributed by atoms with Gasteiger partial charge in [0.05, 0.1) is 0 Å². The molecule has 0 amide bonds. The van der Waals surface area contributed by atoms with Crippen molar-refractivity contribution in [3.8, 4) is 0 Å². The second kappa shape index (κ2) is 5.22. The molecule has 0 aliphatic carbocycles. The summed E-state index contributed by atoms with van der Waals surface area (Å²) in [5.74, 6) is 0. The summed E-state index contributed by atoms with van der Waals surface area (Å²) in [7, 11) is 0. The molecule has 0 atom stereocenters. The lowest BCUT2D eigenvalue weighted by Gasteiger charge is -1.87. The number of hydrogen-bond donors (Lipinski definition) is 1. The van der Waals surface area contributed by atoms with Crippen LogP contribution in [0.15, 0.2) is 16.8 Å². The number of aliphatic imine (C=N–C) groups is 1. The van der Waals surface area contributed by atoms with E-state index in [0.717, 1.165) is 12.0 Å². The third-order valence-electron chi connectivity index (χ3n) is 0.983. The van der Waals surface area contributed by atoms with E-state index in [9.17, 15) is 0 Å². The smallest absolute Gasteiger partial charge is 0.0310 e. The van der Waals surface area contributed by atoms with Gasteiger partial charge in [-0.3, -0.25) is 4.99 Å². The van der Waals surface area contributed by atoms with E-state index in [0.29, 0.717) is 0 Å². The molecule has 0 aliphatic heterocycles. The Bertz CT molecular complexity index is 134. The fourth-order valence-corrected chi connectivity index (χ4v) is 0.401. The maximum Gasteiger partial charge on any atom is 0.0310 e. The Balaban J connectivity index is 3.90. The molecule has 0 aromatic rings. The van der Waals surface area contributed by atoms with Crippen LogP contribution in [0.25, 0.3) is 0 Å². The van der Waals surface area contributed by atoms with Crippen LogP contribution >= 0.6 is 0 Å². The summed E-state index contributed by atoms with van der Waals surface area (Å²) in [6.45, 7) is 3.86. The zero-order chi connectivity index (χ0) is 7.11. The second-order valence-corrected chi connectivity index (χ2v) is 1.61. The fraction of sp³-hybridized carbons (Fsp3) is 0.429. The van der Waals surface area contributed by atoms with E-state index >= 15 is 0 Å². The zero-order valence-corrected chi connectivity index (χ0v) is 5.89. The van der Waals surface area contributed by atoms with Crippen LogP contribution in [0.1, 0.15) is 20.3 Å². The number of hydrogen-bond acceptors (Lipinski definition) is 2. The molecule has 0 saturated carbocycles. The molecule has 2 heteroatoms. The van der Waals surface area contributed by atoms with Gasteiger partial charge >= 0.3 is 0 Å². The highest BCUT2D eigenvalue weighted by molar-refractivity contribution is 5.75. The number of nitrogens with zero attached hydrogens (tertiary/aromatic N) is 1. The molecule has 0 heterocycles. The Morgan fingerprint density at radius 1 is 1.67 bits per heavy atom. The predicted molar refractivity (Wildman–Crippen MR) is 41.3 cm³/mol. The van der Waals surface area contributed by atoms with Crippen molar-refractivity contribution in [1.29, 1.82) is 5.41 Å². The molecule has 50 valence electrons. The van der Waals surface area contributed by atoms with Crippen LogP contribution in [-0.4, -0.2) is 12.4 Å². The average Bonchev–Trinajstić information content (AvgIpc) is 1.91. The first-order chi connectivity index (χ1) is 4.35. The summed E-state index contributed by atoms with van der Waals surface area (Å²) in [6, 6.07) is 0. The number of nitrogens with one attached hydrogen (secondary N) is 1. The van der Waals surface area contributed by atoms with Crippen LogP contribution in [-0.2, 0) is 0 Å². The highest BCUT2D eigenvalue weighted by Crippen LogP contribution is 1.94. The van der Waals surface area contributed by atoms with Crippen molar-refractivity contribution < 1.29 is 0 Å². The molecule has 9 heavy (non-hydrogen) atoms. The Kier molecular flexibility index (Phi) is 4.69. The van der Waals surface area contributed by atoms with E-state index in [4.69, 9.17) is 5.41 Å². The van der Waals surface area contributed by atoms with Gasteiger partial charge in [-0.2, -0.15) is 0 Å². The lowest BCUT2D eigenvalue weighted by Crippen LogP contribution is -1.78. The fourth-order valence-electron chi connectivity index (χ4n) is 0.401. The first-order valence-corrected chi connectivity index (χ1v) is 3.02. The molecule has 2 nitrogen and oxygen atoms in total. The van der Waals surface area contributed by atoms with Crippen molar-refractivity contribution >= 4 is 12.4 Å². The van der Waals surface area contributed by atoms with Crippen LogP contribution in [0.3, 0.4) is 0 Å². The van der Waals surface area contributed by atoms with Crippen LogP contribution in [0.4, 0.5) is 0 Å². The Morgan fingerprint density at radius 3 is 2.67 bits per heavy atom. The van der Waals surface area contributed by atoms with Crippen molar-refractivity contribution in [3.05, 3.63) is 11.8 Å². The third-order valence-corrected chi connectivity index (χ3v) is 0.983. The molecule has 0 aromatic heterocycles. The summed E-state index contributed by atoms with van der Waals surface area (Å²) in [5, 5.41) is 6.87. The van der Waals surface area contributed by atoms with Crippen molar-refractivity contribution in [2.45, 2.75) is 20.3 Å². The SMILES string of the molecule is CC=N/C=C(\C=N)CC. The maximum absolute atomic E-state index is 6.87. The Hall–Kier alpha value is -0.920. The van der Waals surface area contributed by atoms with E-state index in [2.05, 4.69) is 4.99 Å². The second-order valence-electron chi connectivity index (χ2n) is 1.61. The topological polar surface area (TPSA) is 36.2 Å². The summed E-state index contributed by atoms with van der Waals surface area (Å²) in [6.07, 6.45) is 5.61. The van der Waals surface area contributed by atoms with Crippen molar-refractivity contribution in [1.82, 2.24) is 0 Å². The lowest BCUT2D eigenvalue weighted by molar-refractivity contribution is 1.16. The van der Waals surface area contributed by atoms with Gasteiger partial charge in [0.1, 0.15) is 0 Å². The van der Waals surface area contributed by atoms with Crippen molar-refractivity contribution in [3.63, 3.8) is 0 Å². The summed E-state index contributed by atoms with van der Waals surface area (Å²) in [4.78, 5) is 3.88. The normalized spacial score (nSPS) is 12.4. The number of rotatable bonds is 3. The van der Waals surface area contributed by atoms with Crippen molar-refractivity contribution in [2.75, 3.05) is 0 Å². The van der Waals surface area contributed by atoms with Crippen LogP contribution < -0.4 is 0 Å². The van der Waals surface area contributed by atoms with E-state index in [1.165, 1.54) is 6.21 Å². The van der Waals surface area contributed by atoms with E-state index in [1.54, 1.807) is 12.4 Å². The van der Waals surface area contributed by atoms with Crippen LogP contribution in [0, 0.1) is 5.41 Å². The number of allylic oxidation sites excluding steroid dienone is 1. The highest BCUT2D eigenvalue weighted by Gasteiger charge is 1.82. The maximum atomic E-state index is 6.87. The molecule has 0 bridgehead atoms. The minimum atomic E-state index is 0.876. The van der Waals surface area contributed by atoms with Gasteiger partial charge in [0.25, 0.3) is 0 Å². The molecular weight excluding hydrogens is 112 g/mol. The molecule has 0 saturated heterocycles. The van der Waals surface area contributed by atoms with Gasteiger partial charge in [-0.1, -0.05) is 6.92 Å². The van der Waals surface area contributed by atoms with Crippen molar-refractivity contribution in [2.24, 2.45) is 4.99 Å². The Labute approximate surface area is 55.8 Å². The largest absolute Gasteiger partial charge is 0.308 e. The lowest BCUT2D eigenvalue weighted by atomic mass is 10.2. The zero-order valence-electron chi connectivity index (χ0n) is 5.89. The first-order valence-electron chi connectivity index (χ1n) is 3.02. The van der Waals surface area contributed by atoms with E-state index < -0.39 is 0 Å². The third kappa shape index (κ3) is 3.64. The molecule has 0 rings (SSSR count). The molecule has 0 spiro atoms. The van der Waals surface area contributed by atoms with E-state index in [1.807, 2.05) is 13.8 Å². The molecule has 1 N–H and O–H groups in total. The van der Waals surface area contributed by atoms with Crippen LogP contribution in [0.2, 0.25) is 0 Å². The average molecular weight is 124 g/mol. The minimum absolute atomic E-state index is 0.876. The molecule has 0 aliphatic rings. The van der Waals surface area contributed by atoms with Crippen LogP contribution in [0.5, 0.6) is 0 Å². The quantitative estimate of drug-likeness (QED) is 0.559. The van der Waals surface area contributed by atoms with Gasteiger partial charge in [0.2, 0.25) is 0 Å². The summed E-state index contributed by atoms with van der Waals surface area (Å²) >= 11 is 0. The highest BCUT2D eigenvalue weighted by atomic mass is 14.7. The summed E-state index contributed by atoms with van der Waals surface area (Å²) in [5.41, 5.74) is 0.952. The minimum Gasteiger partial charge on any atom is -0.308 e. The molecule has 0 unspecified atom stereocenters. The van der Waals surface area contributed by atoms with E-state index in [-0.39, 0.29) is 0 Å². The van der Waals surface area contributed by atoms with Gasteiger partial charge in [0.15, 0.2) is 0 Å². The van der Waals surface area contributed by atoms with Gasteiger partial charge < -0.3 is 5.41 Å². The molecule has 0 fully saturated rings. The van der Waals surface area contributed by atoms with Gasteiger partial charge in [-0.25, -0.2) is 0 Å². The molecule has 0 aromatic carbocycles. The molecular formula is C7H12N2. The van der Waals surface area contributed by atoms with Gasteiger partial charge in [-0.05, 0) is 18.9 Å². The monoisotopic (exact) mass is 124 g/mol. The standard InChI is InChI=1S/C7H12N2/c1-3-7(5-8)6-9-4-2/h4-6,8H,3H2,1-2H3/b7-6-,8-5?,9-4?. The predicted octanol–water partition coefficient (Wildman–Crippen LogP) is 2.02. The summed E-state index contributed by atoms with van der Waals surface area (Å²) < 4.78 is 0. The first kappa shape index (κ1) is 8.08. The van der Waals surface area contributed by atoms with Gasteiger partial charge in [-0.15, -0.1) is 0 Å². The Morgan fingerprint density at radius 2 is 2.33 bits per heavy atom. The molecule has 0 radical (unpaired) electrons. The van der Waals surface area contributed by atoms with Gasteiger partial charge in [0, 0.05) is 18.6 Å².